The van der Waals surface area contributed by atoms with Gasteiger partial charge in [0.25, 0.3) is 0 Å². The van der Waals surface area contributed by atoms with E-state index in [0.717, 1.165) is 12.1 Å². The van der Waals surface area contributed by atoms with Gasteiger partial charge in [-0.1, -0.05) is 12.5 Å². The van der Waals surface area contributed by atoms with Crippen LogP contribution >= 0.6 is 11.3 Å². The Hall–Kier alpha value is -0.930. The standard InChI is InChI=1S/C13H16N2S/c1-2-6-15(7-3-1)9-11-4-5-13-12(8-11)14-10-16-13/h4-5,8,10H,1-3,6-7,9H2. The highest BCUT2D eigenvalue weighted by atomic mass is 32.1. The maximum Gasteiger partial charge on any atom is 0.0815 e. The Labute approximate surface area is 99.9 Å². The van der Waals surface area contributed by atoms with E-state index in [4.69, 9.17) is 0 Å². The predicted octanol–water partition coefficient (Wildman–Crippen LogP) is 3.28. The highest BCUT2D eigenvalue weighted by Crippen LogP contribution is 2.20. The van der Waals surface area contributed by atoms with Crippen LogP contribution in [0.25, 0.3) is 10.2 Å². The lowest BCUT2D eigenvalue weighted by molar-refractivity contribution is 0.221. The fourth-order valence-corrected chi connectivity index (χ4v) is 3.04. The monoisotopic (exact) mass is 232 g/mol. The van der Waals surface area contributed by atoms with Crippen LogP contribution in [0.5, 0.6) is 0 Å². The number of nitrogens with zero attached hydrogens (tertiary/aromatic N) is 2. The van der Waals surface area contributed by atoms with Crippen LogP contribution in [-0.2, 0) is 6.54 Å². The van der Waals surface area contributed by atoms with Gasteiger partial charge in [-0.25, -0.2) is 4.98 Å². The second-order valence-corrected chi connectivity index (χ2v) is 5.38. The number of rotatable bonds is 2. The quantitative estimate of drug-likeness (QED) is 0.790. The van der Waals surface area contributed by atoms with Gasteiger partial charge in [0.15, 0.2) is 0 Å². The van der Waals surface area contributed by atoms with Gasteiger partial charge in [0.1, 0.15) is 0 Å². The van der Waals surface area contributed by atoms with Crippen molar-refractivity contribution in [3.05, 3.63) is 29.3 Å². The summed E-state index contributed by atoms with van der Waals surface area (Å²) >= 11 is 1.72. The maximum atomic E-state index is 4.37. The van der Waals surface area contributed by atoms with Crippen molar-refractivity contribution in [2.75, 3.05) is 13.1 Å². The molecule has 16 heavy (non-hydrogen) atoms. The summed E-state index contributed by atoms with van der Waals surface area (Å²) in [6.45, 7) is 3.61. The Balaban J connectivity index is 1.77. The van der Waals surface area contributed by atoms with E-state index < -0.39 is 0 Å². The molecule has 0 amide bonds. The van der Waals surface area contributed by atoms with Crippen LogP contribution in [0.3, 0.4) is 0 Å². The number of hydrogen-bond acceptors (Lipinski definition) is 3. The summed E-state index contributed by atoms with van der Waals surface area (Å²) in [6, 6.07) is 6.68. The third kappa shape index (κ3) is 2.11. The average molecular weight is 232 g/mol. The third-order valence-electron chi connectivity index (χ3n) is 3.25. The molecule has 0 N–H and O–H groups in total. The first-order valence-electron chi connectivity index (χ1n) is 5.96. The smallest absolute Gasteiger partial charge is 0.0815 e. The van der Waals surface area contributed by atoms with Crippen molar-refractivity contribution < 1.29 is 0 Å². The molecule has 1 aliphatic heterocycles. The molecule has 2 heterocycles. The molecule has 1 fully saturated rings. The Bertz CT molecular complexity index is 471. The van der Waals surface area contributed by atoms with E-state index in [1.54, 1.807) is 11.3 Å². The highest BCUT2D eigenvalue weighted by Gasteiger charge is 2.10. The van der Waals surface area contributed by atoms with Crippen molar-refractivity contribution >= 4 is 21.6 Å². The largest absolute Gasteiger partial charge is 0.299 e. The van der Waals surface area contributed by atoms with Gasteiger partial charge in [-0.05, 0) is 43.6 Å². The number of piperidine rings is 1. The summed E-state index contributed by atoms with van der Waals surface area (Å²) in [7, 11) is 0. The van der Waals surface area contributed by atoms with Crippen LogP contribution in [0.15, 0.2) is 23.7 Å². The Morgan fingerprint density at radius 1 is 1.19 bits per heavy atom. The third-order valence-corrected chi connectivity index (χ3v) is 4.06. The van der Waals surface area contributed by atoms with Gasteiger partial charge in [0, 0.05) is 6.54 Å². The molecule has 1 aromatic carbocycles. The molecule has 2 nitrogen and oxygen atoms in total. The first-order valence-corrected chi connectivity index (χ1v) is 6.84. The number of aromatic nitrogens is 1. The molecule has 84 valence electrons. The second kappa shape index (κ2) is 4.52. The molecule has 3 heteroatoms. The van der Waals surface area contributed by atoms with Gasteiger partial charge >= 0.3 is 0 Å². The molecule has 3 rings (SSSR count). The summed E-state index contributed by atoms with van der Waals surface area (Å²) in [4.78, 5) is 6.93. The molecule has 2 aromatic rings. The molecule has 0 spiro atoms. The van der Waals surface area contributed by atoms with Crippen molar-refractivity contribution in [3.63, 3.8) is 0 Å². The van der Waals surface area contributed by atoms with Gasteiger partial charge in [0.2, 0.25) is 0 Å². The lowest BCUT2D eigenvalue weighted by atomic mass is 10.1. The van der Waals surface area contributed by atoms with Crippen molar-refractivity contribution in [1.82, 2.24) is 9.88 Å². The first-order chi connectivity index (χ1) is 7.92. The maximum absolute atomic E-state index is 4.37. The predicted molar refractivity (Wildman–Crippen MR) is 68.7 cm³/mol. The number of likely N-dealkylation sites (tertiary alicyclic amines) is 1. The molecule has 0 bridgehead atoms. The fourth-order valence-electron chi connectivity index (χ4n) is 2.38. The van der Waals surface area contributed by atoms with E-state index in [1.807, 2.05) is 5.51 Å². The second-order valence-electron chi connectivity index (χ2n) is 4.49. The van der Waals surface area contributed by atoms with E-state index >= 15 is 0 Å². The average Bonchev–Trinajstić information content (AvgIpc) is 2.77. The van der Waals surface area contributed by atoms with E-state index in [-0.39, 0.29) is 0 Å². The Morgan fingerprint density at radius 2 is 2.06 bits per heavy atom. The molecule has 0 atom stereocenters. The molecule has 0 saturated carbocycles. The number of benzene rings is 1. The van der Waals surface area contributed by atoms with Gasteiger partial charge in [-0.3, -0.25) is 4.90 Å². The van der Waals surface area contributed by atoms with Crippen LogP contribution < -0.4 is 0 Å². The first kappa shape index (κ1) is 10.2. The van der Waals surface area contributed by atoms with E-state index in [0.29, 0.717) is 0 Å². The summed E-state index contributed by atoms with van der Waals surface area (Å²) in [5.41, 5.74) is 4.48. The Morgan fingerprint density at radius 3 is 2.94 bits per heavy atom. The minimum Gasteiger partial charge on any atom is -0.299 e. The van der Waals surface area contributed by atoms with Crippen molar-refractivity contribution in [1.29, 1.82) is 0 Å². The van der Waals surface area contributed by atoms with Gasteiger partial charge in [0.05, 0.1) is 15.7 Å². The summed E-state index contributed by atoms with van der Waals surface area (Å²) in [5.74, 6) is 0. The molecule has 1 aliphatic rings. The van der Waals surface area contributed by atoms with E-state index in [9.17, 15) is 0 Å². The van der Waals surface area contributed by atoms with Crippen LogP contribution in [0.2, 0.25) is 0 Å². The summed E-state index contributed by atoms with van der Waals surface area (Å²) in [5, 5.41) is 0. The van der Waals surface area contributed by atoms with Gasteiger partial charge in [-0.2, -0.15) is 0 Å². The van der Waals surface area contributed by atoms with Crippen molar-refractivity contribution in [2.45, 2.75) is 25.8 Å². The van der Waals surface area contributed by atoms with Crippen LogP contribution in [-0.4, -0.2) is 23.0 Å². The summed E-state index contributed by atoms with van der Waals surface area (Å²) in [6.07, 6.45) is 4.12. The van der Waals surface area contributed by atoms with E-state index in [2.05, 4.69) is 28.1 Å². The van der Waals surface area contributed by atoms with E-state index in [1.165, 1.54) is 42.6 Å². The summed E-state index contributed by atoms with van der Waals surface area (Å²) < 4.78 is 1.29. The molecule has 1 aromatic heterocycles. The molecule has 1 saturated heterocycles. The molecule has 0 radical (unpaired) electrons. The lowest BCUT2D eigenvalue weighted by Gasteiger charge is -2.26. The number of thiazole rings is 1. The van der Waals surface area contributed by atoms with Crippen LogP contribution in [0, 0.1) is 0 Å². The van der Waals surface area contributed by atoms with Gasteiger partial charge < -0.3 is 0 Å². The van der Waals surface area contributed by atoms with Crippen molar-refractivity contribution in [2.24, 2.45) is 0 Å². The molecular formula is C13H16N2S. The van der Waals surface area contributed by atoms with Crippen LogP contribution in [0.1, 0.15) is 24.8 Å². The number of hydrogen-bond donors (Lipinski definition) is 0. The topological polar surface area (TPSA) is 16.1 Å². The zero-order valence-electron chi connectivity index (χ0n) is 9.35. The Kier molecular flexibility index (Phi) is 2.89. The van der Waals surface area contributed by atoms with Gasteiger partial charge in [-0.15, -0.1) is 11.3 Å². The number of fused-ring (bicyclic) bond motifs is 1. The molecule has 0 aliphatic carbocycles. The highest BCUT2D eigenvalue weighted by molar-refractivity contribution is 7.16. The zero-order valence-corrected chi connectivity index (χ0v) is 10.2. The lowest BCUT2D eigenvalue weighted by Crippen LogP contribution is -2.29. The minimum absolute atomic E-state index is 1.09. The zero-order chi connectivity index (χ0) is 10.8. The van der Waals surface area contributed by atoms with Crippen molar-refractivity contribution in [3.8, 4) is 0 Å². The SMILES string of the molecule is c1nc2cc(CN3CCCCC3)ccc2s1. The minimum atomic E-state index is 1.09. The normalized spacial score (nSPS) is 18.0. The molecular weight excluding hydrogens is 216 g/mol. The molecule has 0 unspecified atom stereocenters. The fraction of sp³-hybridized carbons (Fsp3) is 0.462. The van der Waals surface area contributed by atoms with Crippen LogP contribution in [0.4, 0.5) is 0 Å².